The number of hydrogen-bond donors (Lipinski definition) is 19. The van der Waals surface area contributed by atoms with Crippen LogP contribution in [-0.4, -0.2) is 224 Å². The lowest BCUT2D eigenvalue weighted by Crippen LogP contribution is -2.51. The van der Waals surface area contributed by atoms with Crippen LogP contribution in [0.1, 0.15) is 157 Å². The Kier molecular flexibility index (Phi) is 37.3. The number of aryl methyl sites for hydroxylation is 1. The molecule has 38 nitrogen and oxygen atoms in total. The molecule has 10 amide bonds. The van der Waals surface area contributed by atoms with E-state index in [9.17, 15) is 112 Å². The smallest absolute Gasteiger partial charge is 0.326 e. The van der Waals surface area contributed by atoms with Gasteiger partial charge in [0.25, 0.3) is 5.91 Å². The molecule has 1 aromatic carbocycles. The zero-order chi connectivity index (χ0) is 72.6. The number of halogens is 1. The van der Waals surface area contributed by atoms with Gasteiger partial charge in [0.2, 0.25) is 17.7 Å². The molecule has 0 saturated heterocycles. The first-order chi connectivity index (χ1) is 45.8. The Morgan fingerprint density at radius 2 is 0.722 bits per heavy atom. The van der Waals surface area contributed by atoms with Crippen molar-refractivity contribution in [3.05, 3.63) is 41.7 Å². The normalized spacial score (nSPS) is 12.8. The summed E-state index contributed by atoms with van der Waals surface area (Å²) in [4.78, 5) is 196. The summed E-state index contributed by atoms with van der Waals surface area (Å²) in [5.74, 6) is -15.8. The molecule has 0 spiro atoms. The largest absolute Gasteiger partial charge is 0.481 e. The van der Waals surface area contributed by atoms with E-state index in [1.54, 1.807) is 6.20 Å². The number of alkyl halides is 1. The minimum absolute atomic E-state index is 0.0498. The number of hydrogen-bond acceptors (Lipinski definition) is 18. The predicted octanol–water partition coefficient (Wildman–Crippen LogP) is 0.0493. The lowest BCUT2D eigenvalue weighted by molar-refractivity contribution is -0.142. The van der Waals surface area contributed by atoms with Gasteiger partial charge < -0.3 is 99.1 Å². The molecule has 19 N–H and O–H groups in total. The third kappa shape index (κ3) is 34.8. The van der Waals surface area contributed by atoms with E-state index in [1.807, 2.05) is 16.0 Å². The van der Waals surface area contributed by atoms with Crippen molar-refractivity contribution in [2.24, 2.45) is 0 Å². The highest BCUT2D eigenvalue weighted by Gasteiger charge is 2.35. The van der Waals surface area contributed by atoms with Crippen molar-refractivity contribution < 1.29 is 127 Å². The van der Waals surface area contributed by atoms with Crippen LogP contribution in [0.15, 0.2) is 30.5 Å². The molecular weight excluding hydrogens is 1300 g/mol. The van der Waals surface area contributed by atoms with Gasteiger partial charge in [-0.25, -0.2) is 47.8 Å². The minimum Gasteiger partial charge on any atom is -0.481 e. The highest BCUT2D eigenvalue weighted by atomic mass is 19.1. The maximum absolute atomic E-state index is 14.4. The molecule has 0 aliphatic heterocycles. The van der Waals surface area contributed by atoms with Gasteiger partial charge in [-0.3, -0.25) is 38.0 Å². The number of nitrogens with one attached hydrogen (secondary N) is 10. The zero-order valence-electron chi connectivity index (χ0n) is 52.7. The molecule has 1 aromatic heterocycles. The fourth-order valence-corrected chi connectivity index (χ4v) is 9.28. The molecule has 1 unspecified atom stereocenters. The van der Waals surface area contributed by atoms with E-state index >= 15 is 0 Å². The van der Waals surface area contributed by atoms with Crippen molar-refractivity contribution in [3.8, 4) is 5.69 Å². The van der Waals surface area contributed by atoms with Crippen LogP contribution in [0, 0.1) is 0 Å². The van der Waals surface area contributed by atoms with E-state index in [0.29, 0.717) is 17.8 Å². The average molecular weight is 1380 g/mol. The number of carbonyl (C=O) groups excluding carboxylic acids is 7. The first kappa shape index (κ1) is 82.3. The number of nitrogens with zero attached hydrogens (tertiary/aromatic N) is 3. The summed E-state index contributed by atoms with van der Waals surface area (Å²) in [6.45, 7) is -0.789. The lowest BCUT2D eigenvalue weighted by atomic mass is 9.82. The molecule has 97 heavy (non-hydrogen) atoms. The second kappa shape index (κ2) is 44.0. The van der Waals surface area contributed by atoms with Crippen LogP contribution >= 0.6 is 0 Å². The summed E-state index contributed by atoms with van der Waals surface area (Å²) in [5, 5.41) is 116. The van der Waals surface area contributed by atoms with E-state index in [4.69, 9.17) is 15.3 Å². The molecule has 538 valence electrons. The topological polar surface area (TPSA) is 606 Å². The molecule has 0 aliphatic rings. The van der Waals surface area contributed by atoms with Gasteiger partial charge >= 0.3 is 71.8 Å². The molecule has 2 rings (SSSR count). The van der Waals surface area contributed by atoms with Crippen LogP contribution in [0.2, 0.25) is 0 Å². The number of aromatic nitrogens is 3. The van der Waals surface area contributed by atoms with E-state index in [1.165, 1.54) is 28.9 Å². The Bertz CT molecular complexity index is 2810. The summed E-state index contributed by atoms with van der Waals surface area (Å²) >= 11 is 0. The Balaban J connectivity index is 2.39. The SMILES string of the molecule is O=C(O)CC[C@H](NC(=O)NC(CCCCNC(=O)CCC(CCC(=O)NCCCC[C@H](NC(=O)N[C@@H](CCC(=O)O)C(=O)O)C(=O)O)(CCC(=O)NCCCC[C@H](NC(=O)N[C@@H](CCC(=O)O)C(=O)O)C(=O)O)NC(=O)c1ccc(-n2cc(CCCF)nn2)cc1)C(=O)O)C(=O)O. The fraction of sp³-hybridized carbons (Fsp3) is 0.586. The predicted molar refractivity (Wildman–Crippen MR) is 328 cm³/mol. The highest BCUT2D eigenvalue weighted by molar-refractivity contribution is 5.95. The Hall–Kier alpha value is -10.8. The van der Waals surface area contributed by atoms with E-state index in [0.717, 1.165) is 0 Å². The molecule has 0 aliphatic carbocycles. The number of carbonyl (C=O) groups is 16. The first-order valence-electron chi connectivity index (χ1n) is 30.8. The van der Waals surface area contributed by atoms with E-state index in [-0.39, 0.29) is 128 Å². The van der Waals surface area contributed by atoms with Gasteiger partial charge in [-0.2, -0.15) is 0 Å². The van der Waals surface area contributed by atoms with Crippen molar-refractivity contribution >= 4 is 95.4 Å². The number of unbranched alkanes of at least 4 members (excludes halogenated alkanes) is 3. The van der Waals surface area contributed by atoms with Crippen LogP contribution in [0.25, 0.3) is 5.69 Å². The Morgan fingerprint density at radius 3 is 1.01 bits per heavy atom. The second-order valence-corrected chi connectivity index (χ2v) is 22.3. The third-order valence-corrected chi connectivity index (χ3v) is 14.7. The van der Waals surface area contributed by atoms with Crippen molar-refractivity contribution in [2.45, 2.75) is 189 Å². The monoisotopic (exact) mass is 1380 g/mol. The summed E-state index contributed by atoms with van der Waals surface area (Å²) in [5.41, 5.74) is -0.594. The third-order valence-electron chi connectivity index (χ3n) is 14.7. The maximum atomic E-state index is 14.4. The number of carboxylic acids is 9. The van der Waals surface area contributed by atoms with Gasteiger partial charge in [-0.15, -0.1) is 5.10 Å². The second-order valence-electron chi connectivity index (χ2n) is 22.3. The van der Waals surface area contributed by atoms with E-state index in [2.05, 4.69) is 47.5 Å². The van der Waals surface area contributed by atoms with Crippen LogP contribution in [0.5, 0.6) is 0 Å². The molecule has 0 fully saturated rings. The summed E-state index contributed by atoms with van der Waals surface area (Å²) in [6, 6.07) is -7.29. The van der Waals surface area contributed by atoms with Gasteiger partial charge in [0.15, 0.2) is 0 Å². The Morgan fingerprint density at radius 1 is 0.412 bits per heavy atom. The minimum atomic E-state index is -1.65. The van der Waals surface area contributed by atoms with Crippen LogP contribution in [-0.2, 0) is 64.0 Å². The van der Waals surface area contributed by atoms with Gasteiger partial charge in [-0.05, 0) is 133 Å². The van der Waals surface area contributed by atoms with Crippen molar-refractivity contribution in [1.29, 1.82) is 0 Å². The Labute approximate surface area is 552 Å². The maximum Gasteiger partial charge on any atom is 0.326 e. The zero-order valence-corrected chi connectivity index (χ0v) is 52.7. The number of benzene rings is 1. The molecule has 6 atom stereocenters. The summed E-state index contributed by atoms with van der Waals surface area (Å²) in [7, 11) is 0. The van der Waals surface area contributed by atoms with Crippen LogP contribution < -0.4 is 53.2 Å². The lowest BCUT2D eigenvalue weighted by Gasteiger charge is -2.35. The average Bonchev–Trinajstić information content (AvgIpc) is 1.83. The molecule has 1 heterocycles. The number of urea groups is 3. The number of aliphatic carboxylic acids is 9. The van der Waals surface area contributed by atoms with Gasteiger partial charge in [-0.1, -0.05) is 5.21 Å². The first-order valence-corrected chi connectivity index (χ1v) is 30.8. The quantitative estimate of drug-likeness (QED) is 0.0389. The molecule has 0 bridgehead atoms. The van der Waals surface area contributed by atoms with Crippen LogP contribution in [0.3, 0.4) is 0 Å². The summed E-state index contributed by atoms with van der Waals surface area (Å²) < 4.78 is 14.3. The van der Waals surface area contributed by atoms with Crippen molar-refractivity contribution in [2.75, 3.05) is 26.3 Å². The number of carboxylic acid groups (broad SMARTS) is 9. The fourth-order valence-electron chi connectivity index (χ4n) is 9.28. The molecule has 39 heteroatoms. The molecular formula is C58H84FN13O25. The van der Waals surface area contributed by atoms with Crippen molar-refractivity contribution in [3.63, 3.8) is 0 Å². The van der Waals surface area contributed by atoms with E-state index < -0.39 is 182 Å². The van der Waals surface area contributed by atoms with Gasteiger partial charge in [0, 0.05) is 69.3 Å². The number of rotatable bonds is 51. The van der Waals surface area contributed by atoms with Gasteiger partial charge in [0.1, 0.15) is 36.3 Å². The molecule has 2 aromatic rings. The van der Waals surface area contributed by atoms with Gasteiger partial charge in [0.05, 0.1) is 24.3 Å². The number of amides is 10. The van der Waals surface area contributed by atoms with Crippen LogP contribution in [0.4, 0.5) is 18.8 Å². The highest BCUT2D eigenvalue weighted by Crippen LogP contribution is 2.27. The standard InChI is InChI=1S/C58H84FN13O25/c59-28-7-8-34-32-72(71-70-34)35-14-12-33(13-15-35)48(82)69-58(25-22-42(73)60-29-4-1-9-36(49(83)84)63-55(95)66-39(52(89)90)16-19-45(76)77,26-23-43(74)61-30-5-2-10-37(50(85)86)64-56(96)67-40(53(91)92)17-20-46(78)79)27-24-44(75)62-31-6-3-11-38(51(87)88)65-57(97)68-41(54(93)94)18-21-47(80)81/h12-15,32,36-41H,1-11,16-31H2,(H,60,73)(H,61,74)(H,62,75)(H,69,82)(H,76,77)(H,78,79)(H,80,81)(H,83,84)(H,85,86)(H,87,88)(H,89,90)(H,91,92)(H,93,94)(H2,63,66,95)(H2,64,67,96)(H2,65,68,97)/t36-,37-,38?,39-,40-,41-/m0/s1. The van der Waals surface area contributed by atoms with Crippen molar-refractivity contribution in [1.82, 2.24) is 68.2 Å². The molecule has 0 saturated carbocycles. The summed E-state index contributed by atoms with van der Waals surface area (Å²) in [6.07, 6.45) is -3.18. The molecule has 0 radical (unpaired) electrons.